The van der Waals surface area contributed by atoms with Crippen molar-refractivity contribution >= 4 is 135 Å². The zero-order chi connectivity index (χ0) is 106. The van der Waals surface area contributed by atoms with Crippen LogP contribution in [0, 0.1) is 34.5 Å². The molecule has 43 nitrogen and oxygen atoms in total. The van der Waals surface area contributed by atoms with Gasteiger partial charge in [-0.05, 0) is 135 Å². The largest absolute Gasteiger partial charge is 0.508 e. The predicted molar refractivity (Wildman–Crippen MR) is 536 cm³/mol. The minimum atomic E-state index is -2.08. The standard InChI is InChI=1S/C99H139N23O20S/c1-52(2)42-70-85(130)111-69(31-23-41-106-99(103)104)97(142)122(13)77(43-53(3)4)92(137)119-81(55(7)8)94(139)120-82(58(11)123)95(140)117-76(91(136)108-56(9)83(100)128)50-143-51-78(125)109-71(44-59-24-16-14-17-25-59)86(131)113-72(46-61-34-38-65(124)39-35-61)88(133)115-75(48-79(126)127)89(134)114-74(47-64-49-107-67-29-21-20-28-66(64)67)90(135)118-80(54(5)6)93(138)116-73(45-60-32-36-63(37-33-60)62-26-18-15-19-27-62)87(132)110-68(30-22-40-105-98(101)102)96(141)121(12)57(10)84(129)112-70/h14-21,24-29,32-39,49,52-58,68-77,80-82,107,123-124H,22-23,30-31,40-48,50-51H2,1-13H3,(H2,100,128)(H,108,136)(H,109,125)(H,110,132)(H,111,130)(H,112,129)(H,113,131)(H,114,134)(H,115,133)(H,116,138)(H,117,140)(H,118,135)(H,119,137)(H,120,139)(H,126,127)(H4,101,102,105)(H4,103,104,106)/t56-,57-,58+,68-,69-,70+,71-,72-,73-,74-,75-,76-,77-,80-,81-,82-/m0/s1. The van der Waals surface area contributed by atoms with Gasteiger partial charge >= 0.3 is 5.97 Å². The SMILES string of the molecule is CC(C)C[C@H]1NC(=O)[C@H](C)N(C)C(=O)[C@H](CCCNC(=N)N)NC(=O)[C@H](Cc2ccc(-c3ccccc3)cc2)NC(=O)[C@H](C(C)C)NC(=O)[C@H](Cc2c[nH]c3ccccc23)NC(=O)[C@H](CC(=O)O)NC(=O)[C@H](Cc2ccc(O)cc2)NC(=O)[C@H](Cc2ccccc2)NC(=O)CSC[C@@H](C(=O)N[C@@H](C)C(N)=O)NC(=O)[C@H]([C@@H](C)O)NC(=O)[C@H](C(C)C)NC(=O)[C@H](CC(C)C)N(C)C(=O)[C@H](CCCNC(=N)N)NC1=O. The van der Waals surface area contributed by atoms with Gasteiger partial charge in [-0.15, -0.1) is 11.8 Å². The van der Waals surface area contributed by atoms with E-state index in [2.05, 4.69) is 84.7 Å². The number of aromatic hydroxyl groups is 1. The highest BCUT2D eigenvalue weighted by molar-refractivity contribution is 8.00. The van der Waals surface area contributed by atoms with Crippen LogP contribution in [0.25, 0.3) is 22.0 Å². The van der Waals surface area contributed by atoms with E-state index in [1.807, 2.05) is 30.3 Å². The summed E-state index contributed by atoms with van der Waals surface area (Å²) in [5, 5.41) is 88.1. The van der Waals surface area contributed by atoms with Crippen molar-refractivity contribution in [3.8, 4) is 16.9 Å². The summed E-state index contributed by atoms with van der Waals surface area (Å²) in [6.45, 7) is 16.9. The summed E-state index contributed by atoms with van der Waals surface area (Å²) < 4.78 is 0. The number of carbonyl (C=O) groups is 17. The van der Waals surface area contributed by atoms with Crippen molar-refractivity contribution in [1.82, 2.24) is 94.5 Å². The first-order valence-corrected chi connectivity index (χ1v) is 48.7. The average Bonchev–Trinajstić information content (AvgIpc) is 1.42. The number of aromatic nitrogens is 1. The van der Waals surface area contributed by atoms with Crippen molar-refractivity contribution in [3.63, 3.8) is 0 Å². The number of para-hydroxylation sites is 1. The average molecular weight is 2000 g/mol. The molecule has 1 aliphatic heterocycles. The van der Waals surface area contributed by atoms with Crippen LogP contribution in [0.2, 0.25) is 0 Å². The number of nitrogens with two attached hydrogens (primary N) is 3. The number of guanidine groups is 2. The normalized spacial score (nSPS) is 23.0. The summed E-state index contributed by atoms with van der Waals surface area (Å²) in [6, 6.07) is 12.5. The zero-order valence-corrected chi connectivity index (χ0v) is 83.6. The number of aliphatic hydroxyl groups excluding tert-OH is 1. The van der Waals surface area contributed by atoms with Crippen LogP contribution in [0.5, 0.6) is 5.75 Å². The molecule has 0 radical (unpaired) electrons. The van der Waals surface area contributed by atoms with Crippen LogP contribution < -0.4 is 97.0 Å². The van der Waals surface area contributed by atoms with Gasteiger partial charge < -0.3 is 127 Å². The molecule has 7 rings (SSSR count). The number of primary amides is 1. The summed E-state index contributed by atoms with van der Waals surface area (Å²) in [7, 11) is 2.57. The van der Waals surface area contributed by atoms with E-state index < -0.39 is 245 Å². The van der Waals surface area contributed by atoms with E-state index in [4.69, 9.17) is 28.0 Å². The number of phenols is 1. The second-order valence-corrected chi connectivity index (χ2v) is 38.3. The number of hydrogen-bond donors (Lipinski definition) is 24. The quantitative estimate of drug-likeness (QED) is 0.0165. The van der Waals surface area contributed by atoms with E-state index in [1.165, 1.54) is 52.2 Å². The lowest BCUT2D eigenvalue weighted by Gasteiger charge is -2.34. The van der Waals surface area contributed by atoms with Crippen molar-refractivity contribution < 1.29 is 96.8 Å². The molecule has 0 saturated carbocycles. The Morgan fingerprint density at radius 1 is 0.455 bits per heavy atom. The highest BCUT2D eigenvalue weighted by atomic mass is 32.2. The fourth-order valence-electron chi connectivity index (χ4n) is 15.8. The minimum absolute atomic E-state index is 0.00892. The van der Waals surface area contributed by atoms with Gasteiger partial charge in [0.15, 0.2) is 11.9 Å². The van der Waals surface area contributed by atoms with Gasteiger partial charge in [0.2, 0.25) is 94.5 Å². The lowest BCUT2D eigenvalue weighted by atomic mass is 9.97. The molecule has 6 aromatic rings. The maximum atomic E-state index is 15.6. The number of aliphatic carboxylic acids is 1. The summed E-state index contributed by atoms with van der Waals surface area (Å²) in [5.41, 5.74) is 20.7. The molecule has 0 spiro atoms. The van der Waals surface area contributed by atoms with Crippen LogP contribution >= 0.6 is 11.8 Å². The van der Waals surface area contributed by atoms with Crippen LogP contribution in [0.4, 0.5) is 0 Å². The van der Waals surface area contributed by atoms with E-state index in [0.29, 0.717) is 39.4 Å². The molecular weight excluding hydrogens is 1860 g/mol. The maximum absolute atomic E-state index is 15.6. The van der Waals surface area contributed by atoms with Gasteiger partial charge in [-0.3, -0.25) is 92.3 Å². The summed E-state index contributed by atoms with van der Waals surface area (Å²) in [4.78, 5) is 257. The molecule has 0 aliphatic carbocycles. The summed E-state index contributed by atoms with van der Waals surface area (Å²) in [6.07, 6.45) is -3.14. The van der Waals surface area contributed by atoms with Crippen LogP contribution in [-0.2, 0) is 107 Å². The number of rotatable bonds is 29. The van der Waals surface area contributed by atoms with Gasteiger partial charge in [-0.25, -0.2) is 0 Å². The predicted octanol–water partition coefficient (Wildman–Crippen LogP) is -0.174. The molecule has 44 heteroatoms. The first kappa shape index (κ1) is 115. The Morgan fingerprint density at radius 2 is 0.867 bits per heavy atom. The summed E-state index contributed by atoms with van der Waals surface area (Å²) in [5.74, 6) is -22.3. The van der Waals surface area contributed by atoms with Crippen molar-refractivity contribution in [2.75, 3.05) is 38.7 Å². The highest BCUT2D eigenvalue weighted by Crippen LogP contribution is 2.25. The molecule has 1 saturated heterocycles. The van der Waals surface area contributed by atoms with E-state index in [9.17, 15) is 48.9 Å². The molecule has 0 unspecified atom stereocenters. The van der Waals surface area contributed by atoms with Gasteiger partial charge in [-0.2, -0.15) is 0 Å². The number of aliphatic hydroxyl groups is 1. The third-order valence-electron chi connectivity index (χ3n) is 24.0. The van der Waals surface area contributed by atoms with Gasteiger partial charge in [0.25, 0.3) is 0 Å². The molecule has 776 valence electrons. The number of nitrogens with zero attached hydrogens (tertiary/aromatic N) is 2. The second-order valence-electron chi connectivity index (χ2n) is 37.2. The van der Waals surface area contributed by atoms with E-state index in [-0.39, 0.29) is 94.0 Å². The number of thioether (sulfide) groups is 1. The lowest BCUT2D eigenvalue weighted by molar-refractivity contribution is -0.144. The van der Waals surface area contributed by atoms with Crippen molar-refractivity contribution in [2.45, 2.75) is 244 Å². The zero-order valence-electron chi connectivity index (χ0n) is 82.7. The topological polar surface area (TPSA) is 679 Å². The first-order valence-electron chi connectivity index (χ1n) is 47.5. The number of amides is 16. The molecule has 0 bridgehead atoms. The number of carboxylic acids is 1. The Labute approximate surface area is 834 Å². The molecule has 16 amide bonds. The number of H-pyrrole nitrogens is 1. The molecule has 16 atom stereocenters. The van der Waals surface area contributed by atoms with E-state index in [0.717, 1.165) is 27.9 Å². The third kappa shape index (κ3) is 36.7. The third-order valence-corrected chi connectivity index (χ3v) is 25.0. The molecular formula is C99H139N23O20S. The van der Waals surface area contributed by atoms with Crippen molar-refractivity contribution in [3.05, 3.63) is 162 Å². The number of fused-ring (bicyclic) bond motifs is 1. The number of benzene rings is 5. The maximum Gasteiger partial charge on any atom is 0.305 e. The van der Waals surface area contributed by atoms with Crippen LogP contribution in [0.3, 0.4) is 0 Å². The van der Waals surface area contributed by atoms with Crippen LogP contribution in [0.1, 0.15) is 143 Å². The molecule has 1 aliphatic rings. The van der Waals surface area contributed by atoms with Gasteiger partial charge in [0.05, 0.1) is 18.3 Å². The van der Waals surface area contributed by atoms with Crippen LogP contribution in [0.15, 0.2) is 140 Å². The van der Waals surface area contributed by atoms with Gasteiger partial charge in [0, 0.05) is 75.7 Å². The number of carboxylic acid groups (broad SMARTS) is 1. The molecule has 1 aromatic heterocycles. The van der Waals surface area contributed by atoms with Gasteiger partial charge in [-0.1, -0.05) is 171 Å². The number of likely N-dealkylation sites (N-methyl/N-ethyl adjacent to an activating group) is 2. The number of aromatic amines is 1. The number of hydrogen-bond acceptors (Lipinski definition) is 22. The fraction of sp³-hybridized carbons (Fsp3) is 0.485. The first-order chi connectivity index (χ1) is 67.6. The Hall–Kier alpha value is -14.7. The minimum Gasteiger partial charge on any atom is -0.508 e. The molecule has 143 heavy (non-hydrogen) atoms. The Balaban J connectivity index is 1.36. The number of carbonyl (C=O) groups excluding carboxylic acids is 16. The smallest absolute Gasteiger partial charge is 0.305 e. The second kappa shape index (κ2) is 56.1. The Morgan fingerprint density at radius 3 is 1.38 bits per heavy atom. The Bertz CT molecular complexity index is 5420. The van der Waals surface area contributed by atoms with Crippen LogP contribution in [-0.4, -0.2) is 278 Å². The molecule has 27 N–H and O–H groups in total. The monoisotopic (exact) mass is 2000 g/mol. The molecule has 2 heterocycles. The summed E-state index contributed by atoms with van der Waals surface area (Å²) >= 11 is 0.710. The van der Waals surface area contributed by atoms with E-state index in [1.54, 1.807) is 140 Å². The molecule has 1 fully saturated rings. The van der Waals surface area contributed by atoms with Crippen molar-refractivity contribution in [2.24, 2.45) is 40.9 Å². The molecule has 5 aromatic carbocycles. The Kier molecular flexibility index (Phi) is 45.2. The lowest BCUT2D eigenvalue weighted by Crippen LogP contribution is -2.63. The van der Waals surface area contributed by atoms with Crippen molar-refractivity contribution in [1.29, 1.82) is 10.8 Å². The number of nitrogens with one attached hydrogen (secondary N) is 18. The number of phenolic OH excluding ortho intramolecular Hbond substituents is 1. The fourth-order valence-corrected chi connectivity index (χ4v) is 16.7. The van der Waals surface area contributed by atoms with E-state index >= 15 is 47.9 Å². The van der Waals surface area contributed by atoms with Gasteiger partial charge in [0.1, 0.15) is 96.4 Å². The highest BCUT2D eigenvalue weighted by Gasteiger charge is 2.43.